The minimum Gasteiger partial charge on any atom is -0.323 e. The maximum absolute atomic E-state index is 12.9. The van der Waals surface area contributed by atoms with Gasteiger partial charge in [0.05, 0.1) is 6.54 Å². The Balaban J connectivity index is 1.57. The van der Waals surface area contributed by atoms with E-state index < -0.39 is 5.54 Å². The minimum atomic E-state index is -0.652. The fourth-order valence-corrected chi connectivity index (χ4v) is 3.93. The van der Waals surface area contributed by atoms with Gasteiger partial charge in [-0.2, -0.15) is 0 Å². The van der Waals surface area contributed by atoms with Crippen LogP contribution in [0.15, 0.2) is 42.5 Å². The molecule has 4 heteroatoms. The molecule has 124 valence electrons. The molecule has 2 fully saturated rings. The molecule has 4 rings (SSSR count). The Morgan fingerprint density at radius 3 is 2.54 bits per heavy atom. The number of urea groups is 1. The van der Waals surface area contributed by atoms with Crippen molar-refractivity contribution in [3.63, 3.8) is 0 Å². The van der Waals surface area contributed by atoms with E-state index in [0.29, 0.717) is 12.5 Å². The Kier molecular flexibility index (Phi) is 3.56. The molecule has 1 heterocycles. The third kappa shape index (κ3) is 2.46. The first-order chi connectivity index (χ1) is 11.6. The molecule has 4 nitrogen and oxygen atoms in total. The Hall–Kier alpha value is -2.36. The quantitative estimate of drug-likeness (QED) is 0.854. The van der Waals surface area contributed by atoms with Crippen LogP contribution in [-0.2, 0) is 11.3 Å². The van der Waals surface area contributed by atoms with E-state index >= 15 is 0 Å². The van der Waals surface area contributed by atoms with Crippen molar-refractivity contribution in [2.75, 3.05) is 0 Å². The topological polar surface area (TPSA) is 49.4 Å². The summed E-state index contributed by atoms with van der Waals surface area (Å²) in [5, 5.41) is 5.28. The van der Waals surface area contributed by atoms with E-state index in [1.807, 2.05) is 24.3 Å². The molecule has 0 unspecified atom stereocenters. The van der Waals surface area contributed by atoms with E-state index in [0.717, 1.165) is 42.0 Å². The first kappa shape index (κ1) is 15.2. The lowest BCUT2D eigenvalue weighted by molar-refractivity contribution is -0.133. The predicted molar refractivity (Wildman–Crippen MR) is 93.4 cm³/mol. The Bertz CT molecular complexity index is 806. The number of nitrogens with one attached hydrogen (secondary N) is 1. The maximum Gasteiger partial charge on any atom is 0.325 e. The molecule has 1 N–H and O–H groups in total. The van der Waals surface area contributed by atoms with Crippen LogP contribution >= 0.6 is 0 Å². The normalized spacial score (nSPS) is 27.0. The Labute approximate surface area is 141 Å². The van der Waals surface area contributed by atoms with Gasteiger partial charge in [-0.3, -0.25) is 9.69 Å². The molecule has 0 aromatic heterocycles. The second kappa shape index (κ2) is 5.62. The summed E-state index contributed by atoms with van der Waals surface area (Å²) in [6.07, 6.45) is 3.51. The second-order valence-electron chi connectivity index (χ2n) is 7.27. The first-order valence-corrected chi connectivity index (χ1v) is 8.69. The van der Waals surface area contributed by atoms with Gasteiger partial charge in [0.2, 0.25) is 0 Å². The number of carbonyl (C=O) groups is 2. The summed E-state index contributed by atoms with van der Waals surface area (Å²) in [5.74, 6) is 0.586. The summed E-state index contributed by atoms with van der Waals surface area (Å²) >= 11 is 0. The molecule has 1 saturated carbocycles. The number of rotatable bonds is 2. The number of fused-ring (bicyclic) bond motifs is 1. The van der Waals surface area contributed by atoms with E-state index in [1.165, 1.54) is 4.90 Å². The maximum atomic E-state index is 12.9. The molecule has 3 amide bonds. The van der Waals surface area contributed by atoms with Crippen LogP contribution in [0.5, 0.6) is 0 Å². The highest BCUT2D eigenvalue weighted by atomic mass is 16.2. The van der Waals surface area contributed by atoms with Gasteiger partial charge in [0.1, 0.15) is 5.54 Å². The lowest BCUT2D eigenvalue weighted by Gasteiger charge is -2.33. The van der Waals surface area contributed by atoms with Gasteiger partial charge in [0.15, 0.2) is 0 Å². The summed E-state index contributed by atoms with van der Waals surface area (Å²) in [5.41, 5.74) is 0.332. The minimum absolute atomic E-state index is 0.0486. The highest BCUT2D eigenvalue weighted by molar-refractivity contribution is 6.07. The van der Waals surface area contributed by atoms with E-state index in [2.05, 4.69) is 30.4 Å². The molecular formula is C20H22N2O2. The van der Waals surface area contributed by atoms with Crippen molar-refractivity contribution in [3.05, 3.63) is 48.0 Å². The van der Waals surface area contributed by atoms with Gasteiger partial charge in [-0.05, 0) is 54.0 Å². The smallest absolute Gasteiger partial charge is 0.323 e. The summed E-state index contributed by atoms with van der Waals surface area (Å²) in [6, 6.07) is 14.0. The van der Waals surface area contributed by atoms with Crippen molar-refractivity contribution >= 4 is 22.7 Å². The van der Waals surface area contributed by atoms with Crippen LogP contribution < -0.4 is 5.32 Å². The van der Waals surface area contributed by atoms with Crippen molar-refractivity contribution in [2.45, 2.75) is 44.7 Å². The number of hydrogen-bond acceptors (Lipinski definition) is 2. The highest BCUT2D eigenvalue weighted by Crippen LogP contribution is 2.36. The molecule has 2 aromatic carbocycles. The largest absolute Gasteiger partial charge is 0.325 e. The predicted octanol–water partition coefficient (Wildman–Crippen LogP) is 3.84. The van der Waals surface area contributed by atoms with Crippen molar-refractivity contribution < 1.29 is 9.59 Å². The Morgan fingerprint density at radius 2 is 1.79 bits per heavy atom. The average Bonchev–Trinajstić information content (AvgIpc) is 2.82. The van der Waals surface area contributed by atoms with Crippen LogP contribution in [0.1, 0.15) is 38.2 Å². The molecule has 1 saturated heterocycles. The number of benzene rings is 2. The molecule has 1 aliphatic heterocycles. The van der Waals surface area contributed by atoms with E-state index in [1.54, 1.807) is 0 Å². The zero-order valence-electron chi connectivity index (χ0n) is 13.9. The lowest BCUT2D eigenvalue weighted by Crippen LogP contribution is -2.49. The number of nitrogens with zero attached hydrogens (tertiary/aromatic N) is 1. The summed E-state index contributed by atoms with van der Waals surface area (Å²) in [4.78, 5) is 26.7. The Morgan fingerprint density at radius 1 is 1.08 bits per heavy atom. The van der Waals surface area contributed by atoms with Gasteiger partial charge in [-0.15, -0.1) is 0 Å². The van der Waals surface area contributed by atoms with Crippen molar-refractivity contribution in [1.82, 2.24) is 10.2 Å². The number of imide groups is 1. The number of amides is 3. The highest BCUT2D eigenvalue weighted by Gasteiger charge is 2.51. The third-order valence-corrected chi connectivity index (χ3v) is 5.53. The summed E-state index contributed by atoms with van der Waals surface area (Å²) in [6.45, 7) is 2.55. The van der Waals surface area contributed by atoms with Gasteiger partial charge < -0.3 is 5.32 Å². The van der Waals surface area contributed by atoms with Gasteiger partial charge in [0, 0.05) is 0 Å². The van der Waals surface area contributed by atoms with Gasteiger partial charge in [0.25, 0.3) is 5.91 Å². The van der Waals surface area contributed by atoms with Gasteiger partial charge in [-0.1, -0.05) is 43.3 Å². The van der Waals surface area contributed by atoms with Crippen LogP contribution in [0.25, 0.3) is 10.8 Å². The molecule has 0 bridgehead atoms. The zero-order chi connectivity index (χ0) is 16.7. The second-order valence-corrected chi connectivity index (χ2v) is 7.27. The molecular weight excluding hydrogens is 300 g/mol. The zero-order valence-corrected chi connectivity index (χ0v) is 13.9. The molecule has 0 radical (unpaired) electrons. The lowest BCUT2D eigenvalue weighted by atomic mass is 9.77. The molecule has 1 aliphatic carbocycles. The van der Waals surface area contributed by atoms with Crippen LogP contribution in [0, 0.1) is 5.92 Å². The van der Waals surface area contributed by atoms with Crippen LogP contribution in [0.3, 0.4) is 0 Å². The number of carbonyl (C=O) groups excluding carboxylic acids is 2. The monoisotopic (exact) mass is 322 g/mol. The molecule has 2 aliphatic rings. The molecule has 1 spiro atoms. The van der Waals surface area contributed by atoms with Crippen molar-refractivity contribution in [2.24, 2.45) is 5.92 Å². The van der Waals surface area contributed by atoms with Gasteiger partial charge in [-0.25, -0.2) is 4.79 Å². The standard InChI is InChI=1S/C20H22N2O2/c1-14-8-10-20(11-9-14)18(23)22(19(24)21-20)13-15-6-7-16-4-2-3-5-17(16)12-15/h2-7,12,14H,8-11,13H2,1H3,(H,21,24). The summed E-state index contributed by atoms with van der Waals surface area (Å²) in [7, 11) is 0. The van der Waals surface area contributed by atoms with E-state index in [-0.39, 0.29) is 11.9 Å². The van der Waals surface area contributed by atoms with Crippen LogP contribution in [0.2, 0.25) is 0 Å². The summed E-state index contributed by atoms with van der Waals surface area (Å²) < 4.78 is 0. The molecule has 0 atom stereocenters. The SMILES string of the molecule is CC1CCC2(CC1)NC(=O)N(Cc1ccc3ccccc3c1)C2=O. The van der Waals surface area contributed by atoms with E-state index in [4.69, 9.17) is 0 Å². The van der Waals surface area contributed by atoms with E-state index in [9.17, 15) is 9.59 Å². The molecule has 2 aromatic rings. The fourth-order valence-electron chi connectivity index (χ4n) is 3.93. The van der Waals surface area contributed by atoms with Crippen molar-refractivity contribution in [3.8, 4) is 0 Å². The van der Waals surface area contributed by atoms with Crippen LogP contribution in [-0.4, -0.2) is 22.4 Å². The fraction of sp³-hybridized carbons (Fsp3) is 0.400. The van der Waals surface area contributed by atoms with Crippen LogP contribution in [0.4, 0.5) is 4.79 Å². The first-order valence-electron chi connectivity index (χ1n) is 8.69. The number of hydrogen-bond donors (Lipinski definition) is 1. The van der Waals surface area contributed by atoms with Crippen molar-refractivity contribution in [1.29, 1.82) is 0 Å². The van der Waals surface area contributed by atoms with Gasteiger partial charge >= 0.3 is 6.03 Å². The molecule has 24 heavy (non-hydrogen) atoms. The average molecular weight is 322 g/mol. The third-order valence-electron chi connectivity index (χ3n) is 5.53.